The molecule has 21 heavy (non-hydrogen) atoms. The molecule has 0 fully saturated rings. The number of carbonyl (C=O) groups is 1. The average molecular weight is 350 g/mol. The first-order valence-electron chi connectivity index (χ1n) is 6.11. The predicted molar refractivity (Wildman–Crippen MR) is 82.1 cm³/mol. The average Bonchev–Trinajstić information content (AvgIpc) is 2.43. The Morgan fingerprint density at radius 2 is 2.14 bits per heavy atom. The summed E-state index contributed by atoms with van der Waals surface area (Å²) in [6.45, 7) is 1.86. The van der Waals surface area contributed by atoms with Crippen molar-refractivity contribution >= 4 is 33.2 Å². The summed E-state index contributed by atoms with van der Waals surface area (Å²) >= 11 is 3.28. The largest absolute Gasteiger partial charge is 0.324 e. The highest BCUT2D eigenvalue weighted by Crippen LogP contribution is 2.20. The Balaban J connectivity index is 2.12. The first-order chi connectivity index (χ1) is 9.97. The summed E-state index contributed by atoms with van der Waals surface area (Å²) in [5, 5.41) is 13.6. The summed E-state index contributed by atoms with van der Waals surface area (Å²) in [7, 11) is 0. The van der Waals surface area contributed by atoms with Crippen LogP contribution in [0.2, 0.25) is 0 Å². The van der Waals surface area contributed by atoms with E-state index in [2.05, 4.69) is 26.2 Å². The normalized spacial score (nSPS) is 10.2. The molecule has 0 saturated heterocycles. The molecule has 1 heterocycles. The second-order valence-electron chi connectivity index (χ2n) is 4.44. The van der Waals surface area contributed by atoms with E-state index in [1.807, 2.05) is 6.92 Å². The van der Waals surface area contributed by atoms with Crippen molar-refractivity contribution < 1.29 is 9.72 Å². The number of hydrogen-bond donors (Lipinski definition) is 1. The number of nitro groups is 1. The van der Waals surface area contributed by atoms with Crippen molar-refractivity contribution in [2.75, 3.05) is 5.32 Å². The molecule has 0 bridgehead atoms. The zero-order valence-corrected chi connectivity index (χ0v) is 12.8. The Bertz CT molecular complexity index is 704. The minimum atomic E-state index is -0.492. The first-order valence-corrected chi connectivity index (χ1v) is 6.91. The van der Waals surface area contributed by atoms with Crippen molar-refractivity contribution in [3.8, 4) is 0 Å². The van der Waals surface area contributed by atoms with E-state index in [1.54, 1.807) is 24.3 Å². The van der Waals surface area contributed by atoms with Gasteiger partial charge in [-0.05, 0) is 34.5 Å². The number of para-hydroxylation sites is 1. The lowest BCUT2D eigenvalue weighted by Crippen LogP contribution is -2.15. The highest BCUT2D eigenvalue weighted by atomic mass is 79.9. The van der Waals surface area contributed by atoms with E-state index in [9.17, 15) is 14.9 Å². The second-order valence-corrected chi connectivity index (χ2v) is 5.19. The van der Waals surface area contributed by atoms with Gasteiger partial charge in [-0.15, -0.1) is 0 Å². The zero-order valence-electron chi connectivity index (χ0n) is 11.2. The molecule has 0 radical (unpaired) electrons. The molecule has 0 aliphatic heterocycles. The Morgan fingerprint density at radius 1 is 1.43 bits per heavy atom. The van der Waals surface area contributed by atoms with Gasteiger partial charge < -0.3 is 5.32 Å². The van der Waals surface area contributed by atoms with Crippen molar-refractivity contribution in [1.29, 1.82) is 0 Å². The molecule has 2 aromatic rings. The summed E-state index contributed by atoms with van der Waals surface area (Å²) in [5.74, 6) is -0.326. The van der Waals surface area contributed by atoms with E-state index in [0.29, 0.717) is 15.9 Å². The van der Waals surface area contributed by atoms with Gasteiger partial charge in [-0.25, -0.2) is 4.98 Å². The van der Waals surface area contributed by atoms with E-state index in [1.165, 1.54) is 12.3 Å². The van der Waals surface area contributed by atoms with Gasteiger partial charge in [0.25, 0.3) is 5.69 Å². The Kier molecular flexibility index (Phi) is 4.64. The topological polar surface area (TPSA) is 85.1 Å². The summed E-state index contributed by atoms with van der Waals surface area (Å²) in [6.07, 6.45) is 1.46. The van der Waals surface area contributed by atoms with Crippen LogP contribution in [0.5, 0.6) is 0 Å². The van der Waals surface area contributed by atoms with E-state index in [0.717, 1.165) is 5.56 Å². The summed E-state index contributed by atoms with van der Waals surface area (Å²) in [4.78, 5) is 26.5. The Morgan fingerprint density at radius 3 is 2.81 bits per heavy atom. The number of nitrogens with zero attached hydrogens (tertiary/aromatic N) is 2. The van der Waals surface area contributed by atoms with Gasteiger partial charge in [0.05, 0.1) is 23.2 Å². The summed E-state index contributed by atoms with van der Waals surface area (Å²) in [6, 6.07) is 7.97. The van der Waals surface area contributed by atoms with Gasteiger partial charge in [0.15, 0.2) is 0 Å². The fourth-order valence-corrected chi connectivity index (χ4v) is 2.06. The number of pyridine rings is 1. The van der Waals surface area contributed by atoms with Gasteiger partial charge in [0, 0.05) is 11.6 Å². The van der Waals surface area contributed by atoms with E-state index in [4.69, 9.17) is 0 Å². The summed E-state index contributed by atoms with van der Waals surface area (Å²) < 4.78 is 0.708. The molecule has 7 heteroatoms. The van der Waals surface area contributed by atoms with Gasteiger partial charge >= 0.3 is 0 Å². The van der Waals surface area contributed by atoms with Crippen molar-refractivity contribution in [2.24, 2.45) is 0 Å². The minimum Gasteiger partial charge on any atom is -0.324 e. The lowest BCUT2D eigenvalue weighted by molar-refractivity contribution is -0.385. The standard InChI is InChI=1S/C14H12BrN3O3/c1-9-6-11(8-16-14(9)15)17-13(19)7-10-4-2-3-5-12(10)18(20)21/h2-6,8H,7H2,1H3,(H,17,19). The van der Waals surface area contributed by atoms with Crippen molar-refractivity contribution in [3.63, 3.8) is 0 Å². The van der Waals surface area contributed by atoms with Crippen molar-refractivity contribution in [2.45, 2.75) is 13.3 Å². The van der Waals surface area contributed by atoms with Gasteiger partial charge in [0.1, 0.15) is 4.60 Å². The van der Waals surface area contributed by atoms with E-state index >= 15 is 0 Å². The fraction of sp³-hybridized carbons (Fsp3) is 0.143. The Hall–Kier alpha value is -2.28. The predicted octanol–water partition coefficient (Wildman–Crippen LogP) is 3.24. The quantitative estimate of drug-likeness (QED) is 0.521. The third-order valence-corrected chi connectivity index (χ3v) is 3.67. The molecule has 2 rings (SSSR count). The van der Waals surface area contributed by atoms with Crippen LogP contribution in [0.4, 0.5) is 11.4 Å². The van der Waals surface area contributed by atoms with Gasteiger partial charge in [-0.2, -0.15) is 0 Å². The van der Waals surface area contributed by atoms with Gasteiger partial charge in [-0.1, -0.05) is 18.2 Å². The van der Waals surface area contributed by atoms with Crippen LogP contribution in [0.1, 0.15) is 11.1 Å². The number of rotatable bonds is 4. The minimum absolute atomic E-state index is 0.0576. The lowest BCUT2D eigenvalue weighted by Gasteiger charge is -2.07. The molecule has 1 aromatic carbocycles. The van der Waals surface area contributed by atoms with Crippen LogP contribution in [0.3, 0.4) is 0 Å². The number of carbonyl (C=O) groups excluding carboxylic acids is 1. The molecule has 108 valence electrons. The first kappa shape index (κ1) is 15.1. The molecule has 0 unspecified atom stereocenters. The summed E-state index contributed by atoms with van der Waals surface area (Å²) in [5.41, 5.74) is 1.76. The number of anilines is 1. The van der Waals surface area contributed by atoms with Gasteiger partial charge in [-0.3, -0.25) is 14.9 Å². The SMILES string of the molecule is Cc1cc(NC(=O)Cc2ccccc2[N+](=O)[O-])cnc1Br. The monoisotopic (exact) mass is 349 g/mol. The molecule has 0 aliphatic carbocycles. The maximum Gasteiger partial charge on any atom is 0.273 e. The smallest absolute Gasteiger partial charge is 0.273 e. The number of aryl methyl sites for hydroxylation is 1. The van der Waals surface area contributed by atoms with Crippen LogP contribution >= 0.6 is 15.9 Å². The number of hydrogen-bond acceptors (Lipinski definition) is 4. The van der Waals surface area contributed by atoms with Crippen LogP contribution < -0.4 is 5.32 Å². The molecule has 0 saturated carbocycles. The number of aromatic nitrogens is 1. The molecular weight excluding hydrogens is 338 g/mol. The Labute approximate surface area is 129 Å². The van der Waals surface area contributed by atoms with E-state index in [-0.39, 0.29) is 18.0 Å². The maximum atomic E-state index is 12.0. The van der Waals surface area contributed by atoms with Crippen LogP contribution in [0.25, 0.3) is 0 Å². The number of benzene rings is 1. The third kappa shape index (κ3) is 3.85. The molecule has 0 aliphatic rings. The van der Waals surface area contributed by atoms with Crippen LogP contribution in [-0.2, 0) is 11.2 Å². The van der Waals surface area contributed by atoms with Crippen molar-refractivity contribution in [3.05, 3.63) is 62.4 Å². The van der Waals surface area contributed by atoms with Crippen LogP contribution in [-0.4, -0.2) is 15.8 Å². The third-order valence-electron chi connectivity index (χ3n) is 2.84. The number of halogens is 1. The molecule has 1 amide bonds. The fourth-order valence-electron chi connectivity index (χ4n) is 1.84. The van der Waals surface area contributed by atoms with E-state index < -0.39 is 4.92 Å². The number of amides is 1. The second kappa shape index (κ2) is 6.45. The van der Waals surface area contributed by atoms with Crippen LogP contribution in [0.15, 0.2) is 41.1 Å². The molecule has 1 N–H and O–H groups in total. The number of nitrogens with one attached hydrogen (secondary N) is 1. The molecular formula is C14H12BrN3O3. The number of nitro benzene ring substituents is 1. The van der Waals surface area contributed by atoms with Crippen molar-refractivity contribution in [1.82, 2.24) is 4.98 Å². The molecule has 1 aromatic heterocycles. The highest BCUT2D eigenvalue weighted by molar-refractivity contribution is 9.10. The van der Waals surface area contributed by atoms with Gasteiger partial charge in [0.2, 0.25) is 5.91 Å². The lowest BCUT2D eigenvalue weighted by atomic mass is 10.1. The maximum absolute atomic E-state index is 12.0. The van der Waals surface area contributed by atoms with Crippen LogP contribution in [0, 0.1) is 17.0 Å². The molecule has 0 spiro atoms. The molecule has 6 nitrogen and oxygen atoms in total. The molecule has 0 atom stereocenters. The highest BCUT2D eigenvalue weighted by Gasteiger charge is 2.15. The zero-order chi connectivity index (χ0) is 15.4.